The van der Waals surface area contributed by atoms with Crippen LogP contribution in [0.3, 0.4) is 0 Å². The van der Waals surface area contributed by atoms with Crippen LogP contribution in [0, 0.1) is 6.92 Å². The normalized spacial score (nSPS) is 22.0. The lowest BCUT2D eigenvalue weighted by Gasteiger charge is -2.13. The average Bonchev–Trinajstić information content (AvgIpc) is 3.04. The predicted octanol–water partition coefficient (Wildman–Crippen LogP) is 3.06. The zero-order valence-electron chi connectivity index (χ0n) is 12.4. The third kappa shape index (κ3) is 2.53. The van der Waals surface area contributed by atoms with Crippen LogP contribution in [0.5, 0.6) is 0 Å². The smallest absolute Gasteiger partial charge is 0.332 e. The Kier molecular flexibility index (Phi) is 3.68. The molecule has 2 aromatic rings. The summed E-state index contributed by atoms with van der Waals surface area (Å²) in [5.41, 5.74) is 3.23. The molecular weight excluding hydrogens is 268 g/mol. The van der Waals surface area contributed by atoms with E-state index < -0.39 is 12.1 Å². The van der Waals surface area contributed by atoms with Gasteiger partial charge in [-0.3, -0.25) is 0 Å². The molecule has 1 saturated heterocycles. The molecule has 2 unspecified atom stereocenters. The van der Waals surface area contributed by atoms with Gasteiger partial charge < -0.3 is 14.4 Å². The molecule has 0 bridgehead atoms. The summed E-state index contributed by atoms with van der Waals surface area (Å²) in [5, 5.41) is 9.07. The molecule has 3 rings (SSSR count). The second kappa shape index (κ2) is 5.48. The number of aliphatic carboxylic acids is 1. The number of hydrogen-bond donors (Lipinski definition) is 1. The number of aryl methyl sites for hydroxylation is 2. The van der Waals surface area contributed by atoms with Gasteiger partial charge in [-0.1, -0.05) is 13.0 Å². The Morgan fingerprint density at radius 1 is 1.48 bits per heavy atom. The van der Waals surface area contributed by atoms with Gasteiger partial charge >= 0.3 is 5.97 Å². The molecule has 1 aromatic carbocycles. The minimum Gasteiger partial charge on any atom is -0.479 e. The van der Waals surface area contributed by atoms with Crippen molar-refractivity contribution in [1.29, 1.82) is 0 Å². The fourth-order valence-electron chi connectivity index (χ4n) is 2.97. The van der Waals surface area contributed by atoms with Crippen LogP contribution in [0.25, 0.3) is 11.0 Å². The van der Waals surface area contributed by atoms with Crippen molar-refractivity contribution in [2.45, 2.75) is 51.9 Å². The standard InChI is InChI=1S/C16H20N2O3/c1-3-8-18-12-5-4-10(2)9-11(12)17-15(18)13-6-7-14(21-13)16(19)20/h4-5,9,13-14H,3,6-8H2,1-2H3,(H,19,20). The second-order valence-corrected chi connectivity index (χ2v) is 5.64. The zero-order chi connectivity index (χ0) is 15.0. The van der Waals surface area contributed by atoms with Crippen molar-refractivity contribution in [2.75, 3.05) is 0 Å². The highest BCUT2D eigenvalue weighted by molar-refractivity contribution is 5.77. The van der Waals surface area contributed by atoms with Crippen molar-refractivity contribution in [2.24, 2.45) is 0 Å². The van der Waals surface area contributed by atoms with E-state index in [2.05, 4.69) is 29.7 Å². The fraction of sp³-hybridized carbons (Fsp3) is 0.500. The molecule has 5 heteroatoms. The van der Waals surface area contributed by atoms with E-state index in [4.69, 9.17) is 14.8 Å². The van der Waals surface area contributed by atoms with E-state index >= 15 is 0 Å². The SMILES string of the molecule is CCCn1c(C2CCC(C(=O)O)O2)nc2cc(C)ccc21. The van der Waals surface area contributed by atoms with Gasteiger partial charge in [0.05, 0.1) is 11.0 Å². The minimum absolute atomic E-state index is 0.217. The third-order valence-corrected chi connectivity index (χ3v) is 3.96. The van der Waals surface area contributed by atoms with Gasteiger partial charge in [0.1, 0.15) is 11.9 Å². The van der Waals surface area contributed by atoms with E-state index in [0.717, 1.165) is 29.8 Å². The van der Waals surface area contributed by atoms with Gasteiger partial charge in [0.15, 0.2) is 6.10 Å². The van der Waals surface area contributed by atoms with Crippen molar-refractivity contribution in [3.8, 4) is 0 Å². The number of hydrogen-bond acceptors (Lipinski definition) is 3. The maximum Gasteiger partial charge on any atom is 0.332 e. The highest BCUT2D eigenvalue weighted by atomic mass is 16.5. The quantitative estimate of drug-likeness (QED) is 0.939. The van der Waals surface area contributed by atoms with Crippen molar-refractivity contribution in [3.63, 3.8) is 0 Å². The summed E-state index contributed by atoms with van der Waals surface area (Å²) in [6.07, 6.45) is 1.34. The zero-order valence-corrected chi connectivity index (χ0v) is 12.4. The van der Waals surface area contributed by atoms with E-state index in [1.807, 2.05) is 6.92 Å². The molecule has 1 aromatic heterocycles. The van der Waals surface area contributed by atoms with Gasteiger partial charge in [0.25, 0.3) is 0 Å². The Bertz CT molecular complexity index is 677. The molecule has 1 N–H and O–H groups in total. The van der Waals surface area contributed by atoms with Crippen molar-refractivity contribution >= 4 is 17.0 Å². The van der Waals surface area contributed by atoms with E-state index in [-0.39, 0.29) is 6.10 Å². The molecule has 5 nitrogen and oxygen atoms in total. The molecule has 2 heterocycles. The van der Waals surface area contributed by atoms with Crippen LogP contribution in [0.4, 0.5) is 0 Å². The van der Waals surface area contributed by atoms with Crippen LogP contribution < -0.4 is 0 Å². The molecule has 0 radical (unpaired) electrons. The Morgan fingerprint density at radius 3 is 2.95 bits per heavy atom. The number of imidazole rings is 1. The van der Waals surface area contributed by atoms with Gasteiger partial charge in [-0.25, -0.2) is 9.78 Å². The first-order valence-electron chi connectivity index (χ1n) is 7.45. The summed E-state index contributed by atoms with van der Waals surface area (Å²) in [4.78, 5) is 15.8. The molecule has 0 spiro atoms. The van der Waals surface area contributed by atoms with Crippen molar-refractivity contribution in [1.82, 2.24) is 9.55 Å². The van der Waals surface area contributed by atoms with Crippen LogP contribution in [-0.4, -0.2) is 26.7 Å². The van der Waals surface area contributed by atoms with Crippen molar-refractivity contribution < 1.29 is 14.6 Å². The molecule has 1 fully saturated rings. The van der Waals surface area contributed by atoms with Crippen LogP contribution in [0.2, 0.25) is 0 Å². The molecular formula is C16H20N2O3. The Hall–Kier alpha value is -1.88. The lowest BCUT2D eigenvalue weighted by atomic mass is 10.2. The Balaban J connectivity index is 2.01. The van der Waals surface area contributed by atoms with Gasteiger partial charge in [0.2, 0.25) is 0 Å². The number of fused-ring (bicyclic) bond motifs is 1. The van der Waals surface area contributed by atoms with Crippen molar-refractivity contribution in [3.05, 3.63) is 29.6 Å². The summed E-state index contributed by atoms with van der Waals surface area (Å²) < 4.78 is 7.84. The molecule has 21 heavy (non-hydrogen) atoms. The van der Waals surface area contributed by atoms with E-state index in [1.165, 1.54) is 5.56 Å². The summed E-state index contributed by atoms with van der Waals surface area (Å²) in [6.45, 7) is 5.04. The first kappa shape index (κ1) is 14.1. The summed E-state index contributed by atoms with van der Waals surface area (Å²) in [6, 6.07) is 6.23. The first-order chi connectivity index (χ1) is 10.1. The van der Waals surface area contributed by atoms with Crippen LogP contribution >= 0.6 is 0 Å². The topological polar surface area (TPSA) is 64.4 Å². The lowest BCUT2D eigenvalue weighted by molar-refractivity contribution is -0.149. The van der Waals surface area contributed by atoms with E-state index in [9.17, 15) is 4.79 Å². The third-order valence-electron chi connectivity index (χ3n) is 3.96. The van der Waals surface area contributed by atoms with Crippen LogP contribution in [0.15, 0.2) is 18.2 Å². The maximum absolute atomic E-state index is 11.1. The highest BCUT2D eigenvalue weighted by Gasteiger charge is 2.34. The number of carboxylic acid groups (broad SMARTS) is 1. The fourth-order valence-corrected chi connectivity index (χ4v) is 2.97. The second-order valence-electron chi connectivity index (χ2n) is 5.64. The molecule has 0 amide bonds. The molecule has 0 aliphatic carbocycles. The summed E-state index contributed by atoms with van der Waals surface area (Å²) in [7, 11) is 0. The Morgan fingerprint density at radius 2 is 2.29 bits per heavy atom. The van der Waals surface area contributed by atoms with Gasteiger partial charge in [-0.2, -0.15) is 0 Å². The number of ether oxygens (including phenoxy) is 1. The molecule has 1 aliphatic heterocycles. The number of nitrogens with zero attached hydrogens (tertiary/aromatic N) is 2. The maximum atomic E-state index is 11.1. The lowest BCUT2D eigenvalue weighted by Crippen LogP contribution is -2.19. The average molecular weight is 288 g/mol. The number of aromatic nitrogens is 2. The summed E-state index contributed by atoms with van der Waals surface area (Å²) >= 11 is 0. The van der Waals surface area contributed by atoms with E-state index in [0.29, 0.717) is 12.8 Å². The van der Waals surface area contributed by atoms with Gasteiger partial charge in [0, 0.05) is 6.54 Å². The number of carbonyl (C=O) groups is 1. The summed E-state index contributed by atoms with van der Waals surface area (Å²) in [5.74, 6) is -0.0207. The predicted molar refractivity (Wildman–Crippen MR) is 79.2 cm³/mol. The Labute approximate surface area is 123 Å². The molecule has 0 saturated carbocycles. The van der Waals surface area contributed by atoms with Crippen LogP contribution in [-0.2, 0) is 16.1 Å². The van der Waals surface area contributed by atoms with Gasteiger partial charge in [-0.05, 0) is 43.9 Å². The van der Waals surface area contributed by atoms with Gasteiger partial charge in [-0.15, -0.1) is 0 Å². The largest absolute Gasteiger partial charge is 0.479 e. The molecule has 112 valence electrons. The molecule has 2 atom stereocenters. The number of benzene rings is 1. The highest BCUT2D eigenvalue weighted by Crippen LogP contribution is 2.34. The van der Waals surface area contributed by atoms with E-state index in [1.54, 1.807) is 0 Å². The minimum atomic E-state index is -0.883. The number of carboxylic acids is 1. The monoisotopic (exact) mass is 288 g/mol. The molecule has 1 aliphatic rings. The van der Waals surface area contributed by atoms with Crippen LogP contribution in [0.1, 0.15) is 43.7 Å². The first-order valence-corrected chi connectivity index (χ1v) is 7.45. The number of rotatable bonds is 4.